The molecule has 0 heterocycles. The van der Waals surface area contributed by atoms with Crippen molar-refractivity contribution in [3.63, 3.8) is 0 Å². The highest BCUT2D eigenvalue weighted by Gasteiger charge is 2.40. The molecule has 5 heteroatoms. The third kappa shape index (κ3) is 3.62. The Kier molecular flexibility index (Phi) is 5.66. The van der Waals surface area contributed by atoms with Crippen LogP contribution in [0.5, 0.6) is 0 Å². The minimum Gasteiger partial charge on any atom is -0.376 e. The summed E-state index contributed by atoms with van der Waals surface area (Å²) in [5.74, 6) is -1.26. The molecule has 0 bridgehead atoms. The van der Waals surface area contributed by atoms with E-state index in [2.05, 4.69) is 33.8 Å². The average molecular weight is 354 g/mol. The van der Waals surface area contributed by atoms with Gasteiger partial charge in [0.1, 0.15) is 0 Å². The fourth-order valence-electron chi connectivity index (χ4n) is 3.49. The van der Waals surface area contributed by atoms with E-state index in [1.165, 1.54) is 11.1 Å². The quantitative estimate of drug-likeness (QED) is 0.705. The van der Waals surface area contributed by atoms with E-state index >= 15 is 0 Å². The zero-order valence-corrected chi connectivity index (χ0v) is 16.7. The van der Waals surface area contributed by atoms with Gasteiger partial charge in [0.15, 0.2) is 5.85 Å². The van der Waals surface area contributed by atoms with Gasteiger partial charge in [-0.15, -0.1) is 0 Å². The van der Waals surface area contributed by atoms with E-state index in [0.717, 1.165) is 12.8 Å². The molecule has 0 aromatic heterocycles. The zero-order valence-electron chi connectivity index (χ0n) is 15.8. The van der Waals surface area contributed by atoms with E-state index in [4.69, 9.17) is 9.05 Å². The predicted molar refractivity (Wildman–Crippen MR) is 97.5 cm³/mol. The molecule has 1 unspecified atom stereocenters. The summed E-state index contributed by atoms with van der Waals surface area (Å²) in [4.78, 5) is 0. The van der Waals surface area contributed by atoms with E-state index in [-0.39, 0.29) is 24.0 Å². The highest BCUT2D eigenvalue weighted by Crippen LogP contribution is 2.60. The normalized spacial score (nSPS) is 20.5. The first-order valence-corrected chi connectivity index (χ1v) is 10.4. The summed E-state index contributed by atoms with van der Waals surface area (Å²) in [5, 5.41) is 10.7. The van der Waals surface area contributed by atoms with Gasteiger partial charge >= 0.3 is 7.60 Å². The lowest BCUT2D eigenvalue weighted by Crippen LogP contribution is -2.34. The first-order chi connectivity index (χ1) is 11.1. The monoisotopic (exact) mass is 354 g/mol. The second kappa shape index (κ2) is 6.92. The summed E-state index contributed by atoms with van der Waals surface area (Å²) < 4.78 is 23.5. The van der Waals surface area contributed by atoms with Gasteiger partial charge in [-0.2, -0.15) is 0 Å². The van der Waals surface area contributed by atoms with Gasteiger partial charge in [-0.1, -0.05) is 45.9 Å². The smallest absolute Gasteiger partial charge is 0.363 e. The van der Waals surface area contributed by atoms with Crippen LogP contribution >= 0.6 is 7.60 Å². The van der Waals surface area contributed by atoms with Crippen LogP contribution in [0, 0.1) is 0 Å². The van der Waals surface area contributed by atoms with Gasteiger partial charge in [0.05, 0.1) is 13.2 Å². The molecule has 24 heavy (non-hydrogen) atoms. The zero-order chi connectivity index (χ0) is 18.2. The van der Waals surface area contributed by atoms with Crippen molar-refractivity contribution in [3.8, 4) is 0 Å². The van der Waals surface area contributed by atoms with Gasteiger partial charge in [0, 0.05) is 0 Å². The van der Waals surface area contributed by atoms with Crippen LogP contribution in [0.15, 0.2) is 18.2 Å². The summed E-state index contributed by atoms with van der Waals surface area (Å²) in [6.07, 6.45) is 2.21. The maximum Gasteiger partial charge on any atom is 0.363 e. The standard InChI is InChI=1S/C19H31O4P/c1-7-22-24(21,23-8-2)17(20)14-9-10-15-16(13-14)19(5,6)12-11-18(15,3)4/h9-10,13,17,20H,7-8,11-12H2,1-6H3. The molecule has 0 radical (unpaired) electrons. The molecule has 0 spiro atoms. The lowest BCUT2D eigenvalue weighted by atomic mass is 9.63. The Morgan fingerprint density at radius 3 is 2.04 bits per heavy atom. The fraction of sp³-hybridized carbons (Fsp3) is 0.684. The lowest BCUT2D eigenvalue weighted by Gasteiger charge is -2.42. The highest BCUT2D eigenvalue weighted by atomic mass is 31.2. The molecule has 0 amide bonds. The number of hydrogen-bond acceptors (Lipinski definition) is 4. The fourth-order valence-corrected chi connectivity index (χ4v) is 5.09. The summed E-state index contributed by atoms with van der Waals surface area (Å²) in [7, 11) is -3.59. The number of fused-ring (bicyclic) bond motifs is 1. The van der Waals surface area contributed by atoms with Gasteiger partial charge in [-0.25, -0.2) is 0 Å². The van der Waals surface area contributed by atoms with Crippen LogP contribution in [-0.2, 0) is 24.4 Å². The maximum atomic E-state index is 12.9. The van der Waals surface area contributed by atoms with Crippen molar-refractivity contribution in [2.75, 3.05) is 13.2 Å². The molecule has 1 aliphatic rings. The van der Waals surface area contributed by atoms with Crippen LogP contribution in [0.25, 0.3) is 0 Å². The molecule has 0 saturated heterocycles. The molecule has 2 rings (SSSR count). The average Bonchev–Trinajstić information content (AvgIpc) is 2.51. The van der Waals surface area contributed by atoms with Gasteiger partial charge in [0.25, 0.3) is 0 Å². The van der Waals surface area contributed by atoms with Crippen LogP contribution in [0.3, 0.4) is 0 Å². The van der Waals surface area contributed by atoms with Crippen LogP contribution in [0.1, 0.15) is 76.9 Å². The minimum absolute atomic E-state index is 0.0296. The molecular weight excluding hydrogens is 323 g/mol. The van der Waals surface area contributed by atoms with Gasteiger partial charge < -0.3 is 14.2 Å². The third-order valence-corrected chi connectivity index (χ3v) is 7.23. The predicted octanol–water partition coefficient (Wildman–Crippen LogP) is 5.29. The van der Waals surface area contributed by atoms with Crippen molar-refractivity contribution in [1.29, 1.82) is 0 Å². The molecule has 4 nitrogen and oxygen atoms in total. The molecule has 1 N–H and O–H groups in total. The van der Waals surface area contributed by atoms with Crippen LogP contribution < -0.4 is 0 Å². The van der Waals surface area contributed by atoms with Crippen LogP contribution in [-0.4, -0.2) is 18.3 Å². The lowest BCUT2D eigenvalue weighted by molar-refractivity contribution is 0.150. The summed E-state index contributed by atoms with van der Waals surface area (Å²) >= 11 is 0. The van der Waals surface area contributed by atoms with Crippen molar-refractivity contribution in [1.82, 2.24) is 0 Å². The Balaban J connectivity index is 2.48. The summed E-state index contributed by atoms with van der Waals surface area (Å²) in [5.41, 5.74) is 3.26. The molecule has 1 atom stereocenters. The summed E-state index contributed by atoms with van der Waals surface area (Å²) in [6.45, 7) is 12.9. The van der Waals surface area contributed by atoms with E-state index in [1.54, 1.807) is 13.8 Å². The Morgan fingerprint density at radius 1 is 1.04 bits per heavy atom. The second-order valence-corrected chi connectivity index (χ2v) is 9.91. The van der Waals surface area contributed by atoms with E-state index in [1.807, 2.05) is 12.1 Å². The number of benzene rings is 1. The van der Waals surface area contributed by atoms with E-state index in [0.29, 0.717) is 5.56 Å². The Labute approximate surface area is 146 Å². The first kappa shape index (κ1) is 19.7. The highest BCUT2D eigenvalue weighted by molar-refractivity contribution is 7.54. The first-order valence-electron chi connectivity index (χ1n) is 8.79. The van der Waals surface area contributed by atoms with Gasteiger partial charge in [0.2, 0.25) is 0 Å². The Bertz CT molecular complexity index is 626. The molecule has 0 aliphatic heterocycles. The van der Waals surface area contributed by atoms with Crippen molar-refractivity contribution in [2.24, 2.45) is 0 Å². The van der Waals surface area contributed by atoms with E-state index in [9.17, 15) is 9.67 Å². The van der Waals surface area contributed by atoms with Crippen molar-refractivity contribution in [2.45, 2.75) is 71.1 Å². The van der Waals surface area contributed by atoms with Gasteiger partial charge in [-0.3, -0.25) is 4.57 Å². The molecule has 1 aliphatic carbocycles. The SMILES string of the molecule is CCOP(=O)(OCC)C(O)c1ccc2c(c1)C(C)(C)CCC2(C)C. The molecule has 136 valence electrons. The molecule has 1 aromatic carbocycles. The molecular formula is C19H31O4P. The van der Waals surface area contributed by atoms with Crippen molar-refractivity contribution >= 4 is 7.60 Å². The van der Waals surface area contributed by atoms with Gasteiger partial charge in [-0.05, 0) is 54.2 Å². The largest absolute Gasteiger partial charge is 0.376 e. The molecule has 0 saturated carbocycles. The molecule has 1 aromatic rings. The topological polar surface area (TPSA) is 55.8 Å². The Morgan fingerprint density at radius 2 is 1.54 bits per heavy atom. The molecule has 0 fully saturated rings. The number of hydrogen-bond donors (Lipinski definition) is 1. The van der Waals surface area contributed by atoms with Crippen LogP contribution in [0.2, 0.25) is 0 Å². The number of aliphatic hydroxyl groups excluding tert-OH is 1. The van der Waals surface area contributed by atoms with E-state index < -0.39 is 13.4 Å². The number of rotatable bonds is 6. The van der Waals surface area contributed by atoms with Crippen LogP contribution in [0.4, 0.5) is 0 Å². The maximum absolute atomic E-state index is 12.9. The van der Waals surface area contributed by atoms with Crippen molar-refractivity contribution in [3.05, 3.63) is 34.9 Å². The minimum atomic E-state index is -3.59. The third-order valence-electron chi connectivity index (χ3n) is 5.09. The van der Waals surface area contributed by atoms with Crippen molar-refractivity contribution < 1.29 is 18.7 Å². The number of aliphatic hydroxyl groups is 1. The second-order valence-electron chi connectivity index (χ2n) is 7.82. The Hall–Kier alpha value is -0.670. The summed E-state index contributed by atoms with van der Waals surface area (Å²) in [6, 6.07) is 5.92.